The number of rotatable bonds is 6. The molecule has 0 fully saturated rings. The van der Waals surface area contributed by atoms with E-state index in [0.717, 1.165) is 12.8 Å². The SMILES string of the molecule is CCCCOc1ccc(C(=O)C(N)=O)cc1. The summed E-state index contributed by atoms with van der Waals surface area (Å²) in [7, 11) is 0. The zero-order chi connectivity index (χ0) is 12.0. The van der Waals surface area contributed by atoms with Crippen LogP contribution >= 0.6 is 0 Å². The molecule has 0 aliphatic carbocycles. The van der Waals surface area contributed by atoms with Gasteiger partial charge in [-0.3, -0.25) is 9.59 Å². The average molecular weight is 221 g/mol. The number of hydrogen-bond acceptors (Lipinski definition) is 3. The van der Waals surface area contributed by atoms with Crippen LogP contribution in [0.25, 0.3) is 0 Å². The molecule has 0 aliphatic rings. The van der Waals surface area contributed by atoms with Crippen molar-refractivity contribution in [2.45, 2.75) is 19.8 Å². The summed E-state index contributed by atoms with van der Waals surface area (Å²) in [6, 6.07) is 6.39. The lowest BCUT2D eigenvalue weighted by atomic mass is 10.1. The van der Waals surface area contributed by atoms with Crippen molar-refractivity contribution < 1.29 is 14.3 Å². The highest BCUT2D eigenvalue weighted by molar-refractivity contribution is 6.42. The van der Waals surface area contributed by atoms with Crippen LogP contribution in [0.4, 0.5) is 0 Å². The summed E-state index contributed by atoms with van der Waals surface area (Å²) in [4.78, 5) is 21.8. The topological polar surface area (TPSA) is 69.4 Å². The maximum atomic E-state index is 11.2. The van der Waals surface area contributed by atoms with Gasteiger partial charge in [-0.2, -0.15) is 0 Å². The van der Waals surface area contributed by atoms with Gasteiger partial charge in [0.05, 0.1) is 6.61 Å². The fraction of sp³-hybridized carbons (Fsp3) is 0.333. The molecule has 2 N–H and O–H groups in total. The molecule has 16 heavy (non-hydrogen) atoms. The third-order valence-electron chi connectivity index (χ3n) is 2.11. The summed E-state index contributed by atoms with van der Waals surface area (Å²) in [5.74, 6) is -0.936. The molecule has 4 heteroatoms. The van der Waals surface area contributed by atoms with E-state index in [-0.39, 0.29) is 5.56 Å². The van der Waals surface area contributed by atoms with E-state index >= 15 is 0 Å². The number of carbonyl (C=O) groups is 2. The van der Waals surface area contributed by atoms with Gasteiger partial charge in [-0.25, -0.2) is 0 Å². The number of ether oxygens (including phenoxy) is 1. The number of unbranched alkanes of at least 4 members (excludes halogenated alkanes) is 1. The summed E-state index contributed by atoms with van der Waals surface area (Å²) >= 11 is 0. The third kappa shape index (κ3) is 3.38. The normalized spacial score (nSPS) is 9.81. The van der Waals surface area contributed by atoms with Crippen LogP contribution in [0.2, 0.25) is 0 Å². The van der Waals surface area contributed by atoms with Crippen LogP contribution in [0.5, 0.6) is 5.75 Å². The molecule has 1 aromatic carbocycles. The van der Waals surface area contributed by atoms with Gasteiger partial charge in [-0.1, -0.05) is 13.3 Å². The summed E-state index contributed by atoms with van der Waals surface area (Å²) < 4.78 is 5.41. The number of benzene rings is 1. The quantitative estimate of drug-likeness (QED) is 0.450. The maximum absolute atomic E-state index is 11.2. The van der Waals surface area contributed by atoms with Crippen molar-refractivity contribution in [1.82, 2.24) is 0 Å². The van der Waals surface area contributed by atoms with E-state index in [1.807, 2.05) is 0 Å². The van der Waals surface area contributed by atoms with E-state index in [2.05, 4.69) is 6.92 Å². The number of amides is 1. The lowest BCUT2D eigenvalue weighted by Crippen LogP contribution is -2.22. The van der Waals surface area contributed by atoms with E-state index in [9.17, 15) is 9.59 Å². The fourth-order valence-corrected chi connectivity index (χ4v) is 1.18. The Kier molecular flexibility index (Phi) is 4.51. The molecule has 4 nitrogen and oxygen atoms in total. The monoisotopic (exact) mass is 221 g/mol. The Morgan fingerprint density at radius 1 is 1.25 bits per heavy atom. The number of carbonyl (C=O) groups excluding carboxylic acids is 2. The first-order valence-corrected chi connectivity index (χ1v) is 5.22. The van der Waals surface area contributed by atoms with Gasteiger partial charge < -0.3 is 10.5 Å². The lowest BCUT2D eigenvalue weighted by Gasteiger charge is -2.05. The van der Waals surface area contributed by atoms with Gasteiger partial charge in [0.1, 0.15) is 5.75 Å². The number of ketones is 1. The van der Waals surface area contributed by atoms with Crippen LogP contribution in [0, 0.1) is 0 Å². The summed E-state index contributed by atoms with van der Waals surface area (Å²) in [6.07, 6.45) is 2.06. The van der Waals surface area contributed by atoms with E-state index < -0.39 is 11.7 Å². The predicted molar refractivity (Wildman–Crippen MR) is 60.4 cm³/mol. The first-order chi connectivity index (χ1) is 7.65. The lowest BCUT2D eigenvalue weighted by molar-refractivity contribution is -0.114. The Balaban J connectivity index is 2.61. The van der Waals surface area contributed by atoms with Gasteiger partial charge >= 0.3 is 0 Å². The van der Waals surface area contributed by atoms with Crippen molar-refractivity contribution in [3.05, 3.63) is 29.8 Å². The third-order valence-corrected chi connectivity index (χ3v) is 2.11. The van der Waals surface area contributed by atoms with Gasteiger partial charge in [-0.15, -0.1) is 0 Å². The number of hydrogen-bond donors (Lipinski definition) is 1. The molecule has 1 rings (SSSR count). The largest absolute Gasteiger partial charge is 0.494 e. The molecule has 0 aliphatic heterocycles. The highest BCUT2D eigenvalue weighted by atomic mass is 16.5. The summed E-state index contributed by atoms with van der Waals surface area (Å²) in [5, 5.41) is 0. The van der Waals surface area contributed by atoms with Crippen LogP contribution < -0.4 is 10.5 Å². The van der Waals surface area contributed by atoms with Gasteiger partial charge in [-0.05, 0) is 30.7 Å². The van der Waals surface area contributed by atoms with Gasteiger partial charge in [0, 0.05) is 5.56 Å². The summed E-state index contributed by atoms with van der Waals surface area (Å²) in [5.41, 5.74) is 5.17. The van der Waals surface area contributed by atoms with E-state index in [1.165, 1.54) is 12.1 Å². The highest BCUT2D eigenvalue weighted by Crippen LogP contribution is 2.13. The Morgan fingerprint density at radius 3 is 2.38 bits per heavy atom. The van der Waals surface area contributed by atoms with Crippen molar-refractivity contribution in [2.75, 3.05) is 6.61 Å². The van der Waals surface area contributed by atoms with Crippen molar-refractivity contribution in [2.24, 2.45) is 5.73 Å². The maximum Gasteiger partial charge on any atom is 0.289 e. The van der Waals surface area contributed by atoms with E-state index in [1.54, 1.807) is 12.1 Å². The molecular weight excluding hydrogens is 206 g/mol. The molecule has 1 amide bonds. The van der Waals surface area contributed by atoms with Crippen molar-refractivity contribution >= 4 is 11.7 Å². The second-order valence-corrected chi connectivity index (χ2v) is 3.42. The Morgan fingerprint density at radius 2 is 1.88 bits per heavy atom. The second-order valence-electron chi connectivity index (χ2n) is 3.42. The minimum Gasteiger partial charge on any atom is -0.494 e. The van der Waals surface area contributed by atoms with Crippen LogP contribution in [0.15, 0.2) is 24.3 Å². The fourth-order valence-electron chi connectivity index (χ4n) is 1.18. The second kappa shape index (κ2) is 5.90. The molecule has 0 heterocycles. The average Bonchev–Trinajstić information content (AvgIpc) is 2.29. The molecule has 0 bridgehead atoms. The minimum atomic E-state index is -0.945. The molecule has 0 spiro atoms. The molecule has 86 valence electrons. The first-order valence-electron chi connectivity index (χ1n) is 5.22. The Bertz CT molecular complexity index is 370. The molecule has 0 unspecified atom stereocenters. The van der Waals surface area contributed by atoms with E-state index in [0.29, 0.717) is 12.4 Å². The number of nitrogens with two attached hydrogens (primary N) is 1. The minimum absolute atomic E-state index is 0.287. The van der Waals surface area contributed by atoms with Gasteiger partial charge in [0.25, 0.3) is 5.91 Å². The van der Waals surface area contributed by atoms with Crippen molar-refractivity contribution in [1.29, 1.82) is 0 Å². The van der Waals surface area contributed by atoms with E-state index in [4.69, 9.17) is 10.5 Å². The van der Waals surface area contributed by atoms with Crippen LogP contribution in [0.1, 0.15) is 30.1 Å². The van der Waals surface area contributed by atoms with Gasteiger partial charge in [0.2, 0.25) is 5.78 Å². The Hall–Kier alpha value is -1.84. The standard InChI is InChI=1S/C12H15NO3/c1-2-3-8-16-10-6-4-9(5-7-10)11(14)12(13)15/h4-7H,2-3,8H2,1H3,(H2,13,15). The zero-order valence-electron chi connectivity index (χ0n) is 9.23. The summed E-state index contributed by atoms with van der Waals surface area (Å²) in [6.45, 7) is 2.73. The molecular formula is C12H15NO3. The first kappa shape index (κ1) is 12.2. The zero-order valence-corrected chi connectivity index (χ0v) is 9.23. The van der Waals surface area contributed by atoms with Crippen LogP contribution in [-0.2, 0) is 4.79 Å². The van der Waals surface area contributed by atoms with Crippen LogP contribution in [-0.4, -0.2) is 18.3 Å². The molecule has 0 saturated heterocycles. The van der Waals surface area contributed by atoms with Gasteiger partial charge in [0.15, 0.2) is 0 Å². The molecule has 0 saturated carbocycles. The highest BCUT2D eigenvalue weighted by Gasteiger charge is 2.11. The molecule has 0 aromatic heterocycles. The van der Waals surface area contributed by atoms with Crippen LogP contribution in [0.3, 0.4) is 0 Å². The predicted octanol–water partition coefficient (Wildman–Crippen LogP) is 1.53. The molecule has 1 aromatic rings. The number of primary amides is 1. The smallest absolute Gasteiger partial charge is 0.289 e. The van der Waals surface area contributed by atoms with Crippen molar-refractivity contribution in [3.63, 3.8) is 0 Å². The Labute approximate surface area is 94.4 Å². The van der Waals surface area contributed by atoms with Crippen molar-refractivity contribution in [3.8, 4) is 5.75 Å². The molecule has 0 radical (unpaired) electrons. The number of Topliss-reactive ketones (excluding diaryl/α,β-unsaturated/α-hetero) is 1. The molecule has 0 atom stereocenters.